The molecule has 0 aliphatic rings. The van der Waals surface area contributed by atoms with Crippen molar-refractivity contribution in [3.05, 3.63) is 28.7 Å². The molecule has 2 rings (SSSR count). The van der Waals surface area contributed by atoms with Crippen LogP contribution in [0.1, 0.15) is 20.3 Å². The predicted molar refractivity (Wildman–Crippen MR) is 87.2 cm³/mol. The number of aromatic nitrogens is 3. The molecule has 0 fully saturated rings. The number of nitrogens with one attached hydrogen (secondary N) is 2. The molecule has 0 spiro atoms. The van der Waals surface area contributed by atoms with E-state index in [2.05, 4.69) is 41.5 Å². The molecule has 1 aromatic heterocycles. The number of anilines is 3. The predicted octanol–water partition coefficient (Wildman–Crippen LogP) is 3.60. The third kappa shape index (κ3) is 4.56. The molecule has 0 aliphatic carbocycles. The van der Waals surface area contributed by atoms with Crippen LogP contribution >= 0.6 is 15.9 Å². The van der Waals surface area contributed by atoms with E-state index in [1.807, 2.05) is 38.1 Å². The summed E-state index contributed by atoms with van der Waals surface area (Å²) in [6.07, 6.45) is 0.898. The summed E-state index contributed by atoms with van der Waals surface area (Å²) in [5.41, 5.74) is 0.882. The zero-order valence-electron chi connectivity index (χ0n) is 12.1. The summed E-state index contributed by atoms with van der Waals surface area (Å²) in [7, 11) is 0. The van der Waals surface area contributed by atoms with Crippen LogP contribution < -0.4 is 15.4 Å². The van der Waals surface area contributed by atoms with Gasteiger partial charge in [0.2, 0.25) is 11.9 Å². The number of benzene rings is 1. The zero-order chi connectivity index (χ0) is 15.1. The number of para-hydroxylation sites is 1. The zero-order valence-corrected chi connectivity index (χ0v) is 13.6. The van der Waals surface area contributed by atoms with E-state index in [1.165, 1.54) is 0 Å². The van der Waals surface area contributed by atoms with Crippen molar-refractivity contribution in [3.8, 4) is 6.01 Å². The van der Waals surface area contributed by atoms with Crippen LogP contribution in [0.2, 0.25) is 0 Å². The van der Waals surface area contributed by atoms with Crippen molar-refractivity contribution in [2.75, 3.05) is 23.8 Å². The molecule has 0 radical (unpaired) electrons. The molecule has 0 aliphatic heterocycles. The fourth-order valence-electron chi connectivity index (χ4n) is 1.59. The lowest BCUT2D eigenvalue weighted by atomic mass is 10.3. The molecule has 1 aromatic carbocycles. The average molecular weight is 352 g/mol. The first kappa shape index (κ1) is 15.5. The molecule has 0 bridgehead atoms. The van der Waals surface area contributed by atoms with Gasteiger partial charge in [-0.15, -0.1) is 0 Å². The summed E-state index contributed by atoms with van der Waals surface area (Å²) in [5, 5.41) is 6.23. The smallest absolute Gasteiger partial charge is 0.323 e. The van der Waals surface area contributed by atoms with Crippen LogP contribution in [-0.2, 0) is 0 Å². The summed E-state index contributed by atoms with van der Waals surface area (Å²) >= 11 is 3.48. The minimum Gasteiger partial charge on any atom is -0.463 e. The number of ether oxygens (including phenoxy) is 1. The SMILES string of the molecule is CCCOc1nc(NCC)nc(Nc2ccccc2Br)n1. The molecule has 0 atom stereocenters. The number of hydrogen-bond donors (Lipinski definition) is 2. The molecule has 0 unspecified atom stereocenters. The van der Waals surface area contributed by atoms with Gasteiger partial charge in [-0.2, -0.15) is 15.0 Å². The first-order chi connectivity index (χ1) is 10.2. The standard InChI is InChI=1S/C14H18BrN5O/c1-3-9-21-14-19-12(16-4-2)18-13(20-14)17-11-8-6-5-7-10(11)15/h5-8H,3-4,9H2,1-2H3,(H2,16,17,18,19,20). The fraction of sp³-hybridized carbons (Fsp3) is 0.357. The van der Waals surface area contributed by atoms with E-state index in [0.29, 0.717) is 24.5 Å². The van der Waals surface area contributed by atoms with Crippen molar-refractivity contribution >= 4 is 33.5 Å². The van der Waals surface area contributed by atoms with Crippen molar-refractivity contribution in [2.45, 2.75) is 20.3 Å². The van der Waals surface area contributed by atoms with Gasteiger partial charge in [-0.1, -0.05) is 19.1 Å². The Hall–Kier alpha value is -1.89. The van der Waals surface area contributed by atoms with Gasteiger partial charge in [0.1, 0.15) is 0 Å². The second kappa shape index (κ2) is 7.78. The van der Waals surface area contributed by atoms with Gasteiger partial charge in [-0.05, 0) is 41.4 Å². The summed E-state index contributed by atoms with van der Waals surface area (Å²) in [4.78, 5) is 12.8. The third-order valence-electron chi connectivity index (χ3n) is 2.51. The number of hydrogen-bond acceptors (Lipinski definition) is 6. The number of halogens is 1. The Kier molecular flexibility index (Phi) is 5.74. The minimum absolute atomic E-state index is 0.317. The van der Waals surface area contributed by atoms with Crippen LogP contribution in [0.25, 0.3) is 0 Å². The lowest BCUT2D eigenvalue weighted by Gasteiger charge is -2.10. The van der Waals surface area contributed by atoms with Gasteiger partial charge in [-0.25, -0.2) is 0 Å². The fourth-order valence-corrected chi connectivity index (χ4v) is 1.97. The van der Waals surface area contributed by atoms with E-state index in [0.717, 1.165) is 23.1 Å². The highest BCUT2D eigenvalue weighted by Gasteiger charge is 2.08. The van der Waals surface area contributed by atoms with Crippen molar-refractivity contribution in [2.24, 2.45) is 0 Å². The normalized spacial score (nSPS) is 10.2. The van der Waals surface area contributed by atoms with Crippen LogP contribution in [0.15, 0.2) is 28.7 Å². The largest absolute Gasteiger partial charge is 0.463 e. The molecule has 1 heterocycles. The lowest BCUT2D eigenvalue weighted by Crippen LogP contribution is -2.09. The van der Waals surface area contributed by atoms with Crippen molar-refractivity contribution in [3.63, 3.8) is 0 Å². The Morgan fingerprint density at radius 2 is 1.86 bits per heavy atom. The number of nitrogens with zero attached hydrogens (tertiary/aromatic N) is 3. The molecular weight excluding hydrogens is 334 g/mol. The molecule has 0 saturated carbocycles. The van der Waals surface area contributed by atoms with Crippen molar-refractivity contribution in [1.29, 1.82) is 0 Å². The van der Waals surface area contributed by atoms with Crippen LogP contribution in [0.4, 0.5) is 17.6 Å². The Morgan fingerprint density at radius 1 is 1.10 bits per heavy atom. The summed E-state index contributed by atoms with van der Waals surface area (Å²) in [5.74, 6) is 0.937. The molecule has 2 N–H and O–H groups in total. The molecule has 7 heteroatoms. The van der Waals surface area contributed by atoms with E-state index >= 15 is 0 Å². The quantitative estimate of drug-likeness (QED) is 0.793. The van der Waals surface area contributed by atoms with Crippen LogP contribution in [-0.4, -0.2) is 28.1 Å². The van der Waals surface area contributed by atoms with Crippen LogP contribution in [0, 0.1) is 0 Å². The third-order valence-corrected chi connectivity index (χ3v) is 3.20. The molecule has 0 amide bonds. The Labute approximate surface area is 132 Å². The summed E-state index contributed by atoms with van der Waals surface area (Å²) in [6.45, 7) is 5.32. The Morgan fingerprint density at radius 3 is 2.57 bits per heavy atom. The van der Waals surface area contributed by atoms with Gasteiger partial charge < -0.3 is 15.4 Å². The highest BCUT2D eigenvalue weighted by molar-refractivity contribution is 9.10. The molecule has 112 valence electrons. The second-order valence-electron chi connectivity index (χ2n) is 4.25. The van der Waals surface area contributed by atoms with Gasteiger partial charge >= 0.3 is 6.01 Å². The van der Waals surface area contributed by atoms with Gasteiger partial charge in [-0.3, -0.25) is 0 Å². The first-order valence-electron chi connectivity index (χ1n) is 6.87. The maximum Gasteiger partial charge on any atom is 0.323 e. The molecule has 0 saturated heterocycles. The maximum absolute atomic E-state index is 5.50. The summed E-state index contributed by atoms with van der Waals surface area (Å²) < 4.78 is 6.43. The molecule has 2 aromatic rings. The first-order valence-corrected chi connectivity index (χ1v) is 7.66. The van der Waals surface area contributed by atoms with E-state index in [4.69, 9.17) is 4.74 Å². The average Bonchev–Trinajstić information content (AvgIpc) is 2.48. The molecule has 6 nitrogen and oxygen atoms in total. The van der Waals surface area contributed by atoms with E-state index in [9.17, 15) is 0 Å². The van der Waals surface area contributed by atoms with Gasteiger partial charge in [0, 0.05) is 11.0 Å². The minimum atomic E-state index is 0.317. The highest BCUT2D eigenvalue weighted by atomic mass is 79.9. The maximum atomic E-state index is 5.50. The molecule has 21 heavy (non-hydrogen) atoms. The highest BCUT2D eigenvalue weighted by Crippen LogP contribution is 2.24. The van der Waals surface area contributed by atoms with Gasteiger partial charge in [0.05, 0.1) is 12.3 Å². The van der Waals surface area contributed by atoms with Gasteiger partial charge in [0.25, 0.3) is 0 Å². The summed E-state index contributed by atoms with van der Waals surface area (Å²) in [6, 6.07) is 8.09. The number of rotatable bonds is 7. The van der Waals surface area contributed by atoms with Crippen molar-refractivity contribution in [1.82, 2.24) is 15.0 Å². The second-order valence-corrected chi connectivity index (χ2v) is 5.10. The molecular formula is C14H18BrN5O. The Balaban J connectivity index is 2.24. The van der Waals surface area contributed by atoms with Gasteiger partial charge in [0.15, 0.2) is 0 Å². The van der Waals surface area contributed by atoms with Crippen molar-refractivity contribution < 1.29 is 4.74 Å². The van der Waals surface area contributed by atoms with E-state index in [1.54, 1.807) is 0 Å². The van der Waals surface area contributed by atoms with Crippen LogP contribution in [0.3, 0.4) is 0 Å². The lowest BCUT2D eigenvalue weighted by molar-refractivity contribution is 0.292. The van der Waals surface area contributed by atoms with E-state index < -0.39 is 0 Å². The van der Waals surface area contributed by atoms with Crippen LogP contribution in [0.5, 0.6) is 6.01 Å². The Bertz CT molecular complexity index is 593. The topological polar surface area (TPSA) is 72.0 Å². The van der Waals surface area contributed by atoms with E-state index in [-0.39, 0.29) is 0 Å². The monoisotopic (exact) mass is 351 g/mol.